The van der Waals surface area contributed by atoms with Crippen molar-refractivity contribution in [2.45, 2.75) is 38.6 Å². The van der Waals surface area contributed by atoms with Gasteiger partial charge in [0.1, 0.15) is 5.82 Å². The fraction of sp³-hybridized carbons (Fsp3) is 0.588. The van der Waals surface area contributed by atoms with Gasteiger partial charge in [0.2, 0.25) is 11.8 Å². The molecule has 23 heavy (non-hydrogen) atoms. The van der Waals surface area contributed by atoms with E-state index in [1.807, 2.05) is 18.3 Å². The van der Waals surface area contributed by atoms with E-state index in [4.69, 9.17) is 0 Å². The number of aromatic nitrogens is 1. The lowest BCUT2D eigenvalue weighted by Gasteiger charge is -2.27. The summed E-state index contributed by atoms with van der Waals surface area (Å²) in [7, 11) is 0. The van der Waals surface area contributed by atoms with E-state index in [2.05, 4.69) is 20.5 Å². The van der Waals surface area contributed by atoms with Crippen LogP contribution >= 0.6 is 0 Å². The molecule has 0 unspecified atom stereocenters. The average Bonchev–Trinajstić information content (AvgIpc) is 2.61. The number of rotatable bonds is 4. The quantitative estimate of drug-likeness (QED) is 0.876. The van der Waals surface area contributed by atoms with Gasteiger partial charge in [0.05, 0.1) is 5.92 Å². The maximum Gasteiger partial charge on any atom is 0.225 e. The molecule has 3 rings (SSSR count). The van der Waals surface area contributed by atoms with Gasteiger partial charge in [-0.05, 0) is 37.3 Å². The van der Waals surface area contributed by atoms with Gasteiger partial charge in [0, 0.05) is 38.8 Å². The number of piperidine rings is 2. The van der Waals surface area contributed by atoms with Crippen LogP contribution in [-0.2, 0) is 16.1 Å². The van der Waals surface area contributed by atoms with Crippen LogP contribution in [0.2, 0.25) is 0 Å². The first kappa shape index (κ1) is 15.8. The van der Waals surface area contributed by atoms with Crippen molar-refractivity contribution in [1.29, 1.82) is 0 Å². The molecule has 2 aliphatic rings. The molecule has 2 fully saturated rings. The van der Waals surface area contributed by atoms with Gasteiger partial charge in [-0.15, -0.1) is 0 Å². The zero-order valence-electron chi connectivity index (χ0n) is 13.4. The summed E-state index contributed by atoms with van der Waals surface area (Å²) >= 11 is 0. The molecule has 2 aliphatic heterocycles. The number of amides is 2. The van der Waals surface area contributed by atoms with E-state index in [1.54, 1.807) is 0 Å². The third kappa shape index (κ3) is 4.21. The van der Waals surface area contributed by atoms with Crippen molar-refractivity contribution in [1.82, 2.24) is 15.6 Å². The summed E-state index contributed by atoms with van der Waals surface area (Å²) in [6.45, 7) is 3.08. The molecule has 0 aliphatic carbocycles. The van der Waals surface area contributed by atoms with Crippen LogP contribution in [0.4, 0.5) is 5.82 Å². The number of hydrogen-bond acceptors (Lipinski definition) is 4. The van der Waals surface area contributed by atoms with Crippen LogP contribution in [0, 0.1) is 5.92 Å². The van der Waals surface area contributed by atoms with Gasteiger partial charge in [0.25, 0.3) is 0 Å². The highest BCUT2D eigenvalue weighted by Gasteiger charge is 2.24. The summed E-state index contributed by atoms with van der Waals surface area (Å²) in [6.07, 6.45) is 6.68. The predicted octanol–water partition coefficient (Wildman–Crippen LogP) is 1.21. The fourth-order valence-electron chi connectivity index (χ4n) is 3.12. The molecule has 2 saturated heterocycles. The largest absolute Gasteiger partial charge is 0.357 e. The van der Waals surface area contributed by atoms with Crippen LogP contribution in [0.5, 0.6) is 0 Å². The molecule has 0 bridgehead atoms. The first-order valence-corrected chi connectivity index (χ1v) is 8.46. The highest BCUT2D eigenvalue weighted by Crippen LogP contribution is 2.17. The highest BCUT2D eigenvalue weighted by atomic mass is 16.2. The van der Waals surface area contributed by atoms with Crippen molar-refractivity contribution in [3.63, 3.8) is 0 Å². The Bertz CT molecular complexity index is 542. The molecule has 0 radical (unpaired) electrons. The smallest absolute Gasteiger partial charge is 0.225 e. The molecule has 2 N–H and O–H groups in total. The van der Waals surface area contributed by atoms with Gasteiger partial charge in [-0.3, -0.25) is 9.59 Å². The normalized spacial score (nSPS) is 21.7. The van der Waals surface area contributed by atoms with Crippen LogP contribution in [0.1, 0.15) is 37.7 Å². The Morgan fingerprint density at radius 1 is 1.30 bits per heavy atom. The SMILES string of the molecule is O=C1CC[C@H](C(=O)NCc2ccc(N3CCCCC3)nc2)CN1. The molecule has 1 aromatic rings. The van der Waals surface area contributed by atoms with Crippen LogP contribution in [0.3, 0.4) is 0 Å². The number of nitrogens with one attached hydrogen (secondary N) is 2. The lowest BCUT2D eigenvalue weighted by molar-refractivity contribution is -0.129. The average molecular weight is 316 g/mol. The minimum atomic E-state index is -0.117. The van der Waals surface area contributed by atoms with Gasteiger partial charge in [-0.25, -0.2) is 4.98 Å². The maximum absolute atomic E-state index is 12.1. The summed E-state index contributed by atoms with van der Waals surface area (Å²) < 4.78 is 0. The number of anilines is 1. The number of hydrogen-bond donors (Lipinski definition) is 2. The standard InChI is InChI=1S/C17H24N4O2/c22-16-7-5-14(12-19-16)17(23)20-11-13-4-6-15(18-10-13)21-8-2-1-3-9-21/h4,6,10,14H,1-3,5,7-9,11-12H2,(H,19,22)(H,20,23)/t14-/m0/s1. The summed E-state index contributed by atoms with van der Waals surface area (Å²) in [5.74, 6) is 0.944. The van der Waals surface area contributed by atoms with Gasteiger partial charge >= 0.3 is 0 Å². The zero-order chi connectivity index (χ0) is 16.1. The number of carbonyl (C=O) groups excluding carboxylic acids is 2. The minimum absolute atomic E-state index is 0.00473. The van der Waals surface area contributed by atoms with Crippen molar-refractivity contribution in [2.24, 2.45) is 5.92 Å². The van der Waals surface area contributed by atoms with Crippen molar-refractivity contribution in [3.8, 4) is 0 Å². The molecule has 6 nitrogen and oxygen atoms in total. The van der Waals surface area contributed by atoms with Crippen LogP contribution in [0.15, 0.2) is 18.3 Å². The second-order valence-electron chi connectivity index (χ2n) is 6.33. The van der Waals surface area contributed by atoms with E-state index in [1.165, 1.54) is 19.3 Å². The fourth-order valence-corrected chi connectivity index (χ4v) is 3.12. The van der Waals surface area contributed by atoms with Crippen LogP contribution in [-0.4, -0.2) is 36.4 Å². The highest BCUT2D eigenvalue weighted by molar-refractivity contribution is 5.83. The Morgan fingerprint density at radius 2 is 2.13 bits per heavy atom. The molecular formula is C17H24N4O2. The number of pyridine rings is 1. The maximum atomic E-state index is 12.1. The van der Waals surface area contributed by atoms with Gasteiger partial charge in [-0.2, -0.15) is 0 Å². The molecule has 0 aromatic carbocycles. The molecular weight excluding hydrogens is 292 g/mol. The number of nitrogens with zero attached hydrogens (tertiary/aromatic N) is 2. The third-order valence-corrected chi connectivity index (χ3v) is 4.59. The van der Waals surface area contributed by atoms with Gasteiger partial charge in [-0.1, -0.05) is 6.07 Å². The first-order chi connectivity index (χ1) is 11.2. The van der Waals surface area contributed by atoms with Crippen molar-refractivity contribution in [3.05, 3.63) is 23.9 Å². The van der Waals surface area contributed by atoms with Gasteiger partial charge in [0.15, 0.2) is 0 Å². The first-order valence-electron chi connectivity index (χ1n) is 8.46. The van der Waals surface area contributed by atoms with E-state index in [0.29, 0.717) is 25.9 Å². The van der Waals surface area contributed by atoms with E-state index in [9.17, 15) is 9.59 Å². The lowest BCUT2D eigenvalue weighted by Crippen LogP contribution is -2.42. The van der Waals surface area contributed by atoms with Gasteiger partial charge < -0.3 is 15.5 Å². The second-order valence-corrected chi connectivity index (χ2v) is 6.33. The van der Waals surface area contributed by atoms with E-state index in [-0.39, 0.29) is 17.7 Å². The third-order valence-electron chi connectivity index (χ3n) is 4.59. The number of carbonyl (C=O) groups is 2. The van der Waals surface area contributed by atoms with Crippen molar-refractivity contribution >= 4 is 17.6 Å². The Labute approximate surface area is 136 Å². The molecule has 124 valence electrons. The van der Waals surface area contributed by atoms with E-state index >= 15 is 0 Å². The summed E-state index contributed by atoms with van der Waals surface area (Å²) in [6, 6.07) is 4.06. The Kier molecular flexibility index (Phi) is 5.10. The molecule has 2 amide bonds. The monoisotopic (exact) mass is 316 g/mol. The predicted molar refractivity (Wildman–Crippen MR) is 87.9 cm³/mol. The summed E-state index contributed by atoms with van der Waals surface area (Å²) in [5.41, 5.74) is 0.999. The summed E-state index contributed by atoms with van der Waals surface area (Å²) in [4.78, 5) is 30.1. The molecule has 3 heterocycles. The lowest BCUT2D eigenvalue weighted by atomic mass is 9.98. The minimum Gasteiger partial charge on any atom is -0.357 e. The molecule has 1 aromatic heterocycles. The topological polar surface area (TPSA) is 74.3 Å². The van der Waals surface area contributed by atoms with E-state index in [0.717, 1.165) is 24.5 Å². The van der Waals surface area contributed by atoms with E-state index < -0.39 is 0 Å². The van der Waals surface area contributed by atoms with Crippen molar-refractivity contribution in [2.75, 3.05) is 24.5 Å². The molecule has 0 saturated carbocycles. The molecule has 1 atom stereocenters. The Hall–Kier alpha value is -2.11. The second kappa shape index (κ2) is 7.44. The zero-order valence-corrected chi connectivity index (χ0v) is 13.4. The van der Waals surface area contributed by atoms with Crippen molar-refractivity contribution < 1.29 is 9.59 Å². The van der Waals surface area contributed by atoms with Crippen LogP contribution < -0.4 is 15.5 Å². The van der Waals surface area contributed by atoms with Crippen LogP contribution in [0.25, 0.3) is 0 Å². The Morgan fingerprint density at radius 3 is 2.78 bits per heavy atom. The molecule has 0 spiro atoms. The summed E-state index contributed by atoms with van der Waals surface area (Å²) in [5, 5.41) is 5.68. The molecule has 6 heteroatoms. The Balaban J connectivity index is 1.48.